The second-order valence-electron chi connectivity index (χ2n) is 6.59. The molecule has 0 radical (unpaired) electrons. The highest BCUT2D eigenvalue weighted by atomic mass is 19.1. The molecule has 23 heavy (non-hydrogen) atoms. The first kappa shape index (κ1) is 16.4. The van der Waals surface area contributed by atoms with Gasteiger partial charge in [0.2, 0.25) is 5.91 Å². The van der Waals surface area contributed by atoms with Crippen molar-refractivity contribution in [2.75, 3.05) is 26.4 Å². The van der Waals surface area contributed by atoms with Crippen LogP contribution in [-0.2, 0) is 19.7 Å². The number of amides is 1. The van der Waals surface area contributed by atoms with E-state index in [1.807, 2.05) is 19.1 Å². The van der Waals surface area contributed by atoms with E-state index in [0.29, 0.717) is 26.4 Å². The van der Waals surface area contributed by atoms with Crippen molar-refractivity contribution in [3.63, 3.8) is 0 Å². The van der Waals surface area contributed by atoms with E-state index in [9.17, 15) is 9.18 Å². The first-order valence-corrected chi connectivity index (χ1v) is 8.34. The van der Waals surface area contributed by atoms with Gasteiger partial charge in [0.25, 0.3) is 0 Å². The summed E-state index contributed by atoms with van der Waals surface area (Å²) in [5, 5.41) is 3.11. The molecule has 2 aliphatic rings. The van der Waals surface area contributed by atoms with Crippen LogP contribution in [0.2, 0.25) is 0 Å². The Morgan fingerprint density at radius 1 is 1.26 bits per heavy atom. The minimum atomic E-state index is -0.239. The summed E-state index contributed by atoms with van der Waals surface area (Å²) in [7, 11) is 0. The van der Waals surface area contributed by atoms with E-state index in [4.69, 9.17) is 9.47 Å². The van der Waals surface area contributed by atoms with Crippen molar-refractivity contribution >= 4 is 5.91 Å². The number of nitrogens with one attached hydrogen (secondary N) is 1. The Morgan fingerprint density at radius 2 is 1.96 bits per heavy atom. The zero-order valence-corrected chi connectivity index (χ0v) is 13.5. The van der Waals surface area contributed by atoms with Crippen LogP contribution in [0, 0.1) is 11.7 Å². The Morgan fingerprint density at radius 3 is 2.57 bits per heavy atom. The molecule has 1 aromatic rings. The van der Waals surface area contributed by atoms with Crippen molar-refractivity contribution < 1.29 is 18.7 Å². The lowest BCUT2D eigenvalue weighted by atomic mass is 9.74. The van der Waals surface area contributed by atoms with E-state index < -0.39 is 0 Å². The lowest BCUT2D eigenvalue weighted by molar-refractivity contribution is -0.126. The highest BCUT2D eigenvalue weighted by molar-refractivity contribution is 5.79. The van der Waals surface area contributed by atoms with Crippen LogP contribution in [-0.4, -0.2) is 38.4 Å². The average molecular weight is 321 g/mol. The SMILES string of the molecule is C[C@H]1OCC[C@@H]1C(=O)NCC1(c2ccc(F)cc2)CCOCC1. The standard InChI is InChI=1S/C18H24FNO3/c1-13-16(6-9-23-13)17(21)20-12-18(7-10-22-11-8-18)14-2-4-15(19)5-3-14/h2-5,13,16H,6-12H2,1H3,(H,20,21)/t13-,16+/m1/s1. The summed E-state index contributed by atoms with van der Waals surface area (Å²) in [5.74, 6) is -0.250. The molecule has 0 aliphatic carbocycles. The van der Waals surface area contributed by atoms with Crippen molar-refractivity contribution in [1.29, 1.82) is 0 Å². The van der Waals surface area contributed by atoms with Gasteiger partial charge >= 0.3 is 0 Å². The maximum Gasteiger partial charge on any atom is 0.225 e. The lowest BCUT2D eigenvalue weighted by Gasteiger charge is -2.38. The van der Waals surface area contributed by atoms with Gasteiger partial charge in [0.15, 0.2) is 0 Å². The lowest BCUT2D eigenvalue weighted by Crippen LogP contribution is -2.46. The Balaban J connectivity index is 1.72. The van der Waals surface area contributed by atoms with Crippen LogP contribution in [0.25, 0.3) is 0 Å². The molecule has 126 valence electrons. The molecule has 1 N–H and O–H groups in total. The third-order valence-corrected chi connectivity index (χ3v) is 5.22. The predicted molar refractivity (Wildman–Crippen MR) is 84.7 cm³/mol. The Labute approximate surface area is 136 Å². The topological polar surface area (TPSA) is 47.6 Å². The number of rotatable bonds is 4. The predicted octanol–water partition coefficient (Wildman–Crippen LogP) is 2.42. The van der Waals surface area contributed by atoms with Gasteiger partial charge in [-0.1, -0.05) is 12.1 Å². The van der Waals surface area contributed by atoms with Crippen molar-refractivity contribution in [2.24, 2.45) is 5.92 Å². The maximum atomic E-state index is 13.2. The fourth-order valence-corrected chi connectivity index (χ4v) is 3.60. The van der Waals surface area contributed by atoms with Gasteiger partial charge in [-0.25, -0.2) is 4.39 Å². The minimum Gasteiger partial charge on any atom is -0.381 e. The van der Waals surface area contributed by atoms with Crippen LogP contribution in [0.5, 0.6) is 0 Å². The normalized spacial score (nSPS) is 26.9. The van der Waals surface area contributed by atoms with Crippen LogP contribution >= 0.6 is 0 Å². The number of ether oxygens (including phenoxy) is 2. The molecule has 0 spiro atoms. The smallest absolute Gasteiger partial charge is 0.225 e. The van der Waals surface area contributed by atoms with Gasteiger partial charge in [0, 0.05) is 31.8 Å². The van der Waals surface area contributed by atoms with E-state index in [2.05, 4.69) is 5.32 Å². The first-order valence-electron chi connectivity index (χ1n) is 8.34. The van der Waals surface area contributed by atoms with E-state index in [1.54, 1.807) is 0 Å². The molecule has 2 fully saturated rings. The Kier molecular flexibility index (Phi) is 4.97. The molecule has 4 nitrogen and oxygen atoms in total. The maximum absolute atomic E-state index is 13.2. The van der Waals surface area contributed by atoms with Crippen LogP contribution < -0.4 is 5.32 Å². The fraction of sp³-hybridized carbons (Fsp3) is 0.611. The van der Waals surface area contributed by atoms with Gasteiger partial charge in [-0.15, -0.1) is 0 Å². The molecule has 0 saturated carbocycles. The molecule has 0 aromatic heterocycles. The van der Waals surface area contributed by atoms with E-state index in [-0.39, 0.29) is 29.2 Å². The Hall–Kier alpha value is -1.46. The average Bonchev–Trinajstić information content (AvgIpc) is 3.00. The summed E-state index contributed by atoms with van der Waals surface area (Å²) in [5.41, 5.74) is 0.892. The van der Waals surface area contributed by atoms with Gasteiger partial charge in [-0.05, 0) is 43.9 Å². The molecular weight excluding hydrogens is 297 g/mol. The highest BCUT2D eigenvalue weighted by Crippen LogP contribution is 2.34. The van der Waals surface area contributed by atoms with Crippen LogP contribution in [0.1, 0.15) is 31.7 Å². The molecule has 5 heteroatoms. The quantitative estimate of drug-likeness (QED) is 0.926. The van der Waals surface area contributed by atoms with Crippen LogP contribution in [0.15, 0.2) is 24.3 Å². The van der Waals surface area contributed by atoms with Gasteiger partial charge in [-0.3, -0.25) is 4.79 Å². The van der Waals surface area contributed by atoms with Gasteiger partial charge in [-0.2, -0.15) is 0 Å². The fourth-order valence-electron chi connectivity index (χ4n) is 3.60. The number of benzene rings is 1. The van der Waals surface area contributed by atoms with Crippen LogP contribution in [0.4, 0.5) is 4.39 Å². The summed E-state index contributed by atoms with van der Waals surface area (Å²) < 4.78 is 24.2. The molecule has 2 aliphatic heterocycles. The highest BCUT2D eigenvalue weighted by Gasteiger charge is 2.37. The summed E-state index contributed by atoms with van der Waals surface area (Å²) in [6, 6.07) is 6.63. The molecule has 2 saturated heterocycles. The van der Waals surface area contributed by atoms with Crippen molar-refractivity contribution in [1.82, 2.24) is 5.32 Å². The van der Waals surface area contributed by atoms with E-state index >= 15 is 0 Å². The summed E-state index contributed by atoms with van der Waals surface area (Å²) >= 11 is 0. The second-order valence-corrected chi connectivity index (χ2v) is 6.59. The molecule has 0 unspecified atom stereocenters. The van der Waals surface area contributed by atoms with E-state index in [0.717, 1.165) is 24.8 Å². The van der Waals surface area contributed by atoms with Crippen molar-refractivity contribution in [2.45, 2.75) is 37.7 Å². The van der Waals surface area contributed by atoms with Gasteiger partial charge in [0.05, 0.1) is 12.0 Å². The Bertz CT molecular complexity index is 540. The number of carbonyl (C=O) groups is 1. The number of halogens is 1. The van der Waals surface area contributed by atoms with Crippen molar-refractivity contribution in [3.05, 3.63) is 35.6 Å². The van der Waals surface area contributed by atoms with Crippen LogP contribution in [0.3, 0.4) is 0 Å². The monoisotopic (exact) mass is 321 g/mol. The zero-order chi connectivity index (χ0) is 16.3. The van der Waals surface area contributed by atoms with Crippen molar-refractivity contribution in [3.8, 4) is 0 Å². The second kappa shape index (κ2) is 6.97. The number of carbonyl (C=O) groups excluding carboxylic acids is 1. The summed E-state index contributed by atoms with van der Waals surface area (Å²) in [4.78, 5) is 12.4. The molecule has 1 amide bonds. The molecule has 2 heterocycles. The van der Waals surface area contributed by atoms with Gasteiger partial charge < -0.3 is 14.8 Å². The van der Waals surface area contributed by atoms with E-state index in [1.165, 1.54) is 12.1 Å². The molecule has 3 rings (SSSR count). The summed E-state index contributed by atoms with van der Waals surface area (Å²) in [6.45, 7) is 4.48. The van der Waals surface area contributed by atoms with Gasteiger partial charge in [0.1, 0.15) is 5.82 Å². The summed E-state index contributed by atoms with van der Waals surface area (Å²) in [6.07, 6.45) is 2.41. The third-order valence-electron chi connectivity index (χ3n) is 5.22. The molecular formula is C18H24FNO3. The third kappa shape index (κ3) is 3.56. The first-order chi connectivity index (χ1) is 11.1. The largest absolute Gasteiger partial charge is 0.381 e. The molecule has 0 bridgehead atoms. The molecule has 1 aromatic carbocycles. The number of hydrogen-bond acceptors (Lipinski definition) is 3. The molecule has 2 atom stereocenters. The number of hydrogen-bond donors (Lipinski definition) is 1. The zero-order valence-electron chi connectivity index (χ0n) is 13.5. The minimum absolute atomic E-state index is 0.0218.